The number of carbonyl (C=O) groups is 1. The van der Waals surface area contributed by atoms with Crippen LogP contribution in [0.1, 0.15) is 26.2 Å². The molecule has 1 aromatic carbocycles. The van der Waals surface area contributed by atoms with Gasteiger partial charge in [0.25, 0.3) is 0 Å². The first-order valence-corrected chi connectivity index (χ1v) is 7.41. The number of primary amides is 1. The lowest BCUT2D eigenvalue weighted by Gasteiger charge is -2.26. The number of rotatable bonds is 5. The number of amides is 1. The molecule has 2 rings (SSSR count). The number of halogens is 1. The van der Waals surface area contributed by atoms with Crippen LogP contribution in [0.3, 0.4) is 0 Å². The Morgan fingerprint density at radius 3 is 2.95 bits per heavy atom. The van der Waals surface area contributed by atoms with Gasteiger partial charge >= 0.3 is 0 Å². The zero-order valence-corrected chi connectivity index (χ0v) is 11.8. The summed E-state index contributed by atoms with van der Waals surface area (Å²) in [6, 6.07) is 6.74. The topological polar surface area (TPSA) is 55.1 Å². The van der Waals surface area contributed by atoms with Crippen LogP contribution in [0.4, 0.5) is 4.39 Å². The first-order valence-electron chi connectivity index (χ1n) is 6.53. The van der Waals surface area contributed by atoms with Gasteiger partial charge in [0.15, 0.2) is 0 Å². The van der Waals surface area contributed by atoms with Gasteiger partial charge in [-0.25, -0.2) is 4.39 Å². The molecule has 0 bridgehead atoms. The number of nitrogens with two attached hydrogens (primary N) is 1. The van der Waals surface area contributed by atoms with E-state index in [4.69, 9.17) is 5.73 Å². The fraction of sp³-hybridized carbons (Fsp3) is 0.500. The Balaban J connectivity index is 2.06. The van der Waals surface area contributed by atoms with Crippen LogP contribution in [0, 0.1) is 5.82 Å². The molecular weight excluding hydrogens is 263 g/mol. The van der Waals surface area contributed by atoms with Gasteiger partial charge < -0.3 is 11.1 Å². The second kappa shape index (κ2) is 5.92. The molecule has 19 heavy (non-hydrogen) atoms. The number of carbonyl (C=O) groups excluding carboxylic acids is 1. The Kier molecular flexibility index (Phi) is 4.47. The maximum Gasteiger partial charge on any atom is 0.237 e. The van der Waals surface area contributed by atoms with Crippen molar-refractivity contribution in [2.75, 3.05) is 6.54 Å². The van der Waals surface area contributed by atoms with Crippen LogP contribution in [-0.2, 0) is 4.79 Å². The standard InChI is InChI=1S/C14H19FN2OS/c1-2-17-14(13(16)18)8-7-10(9-14)19-12-6-4-3-5-11(12)15/h3-6,10,17H,2,7-9H2,1H3,(H2,16,18). The molecule has 3 N–H and O–H groups in total. The number of benzene rings is 1. The Hall–Kier alpha value is -1.07. The van der Waals surface area contributed by atoms with E-state index in [0.717, 1.165) is 12.8 Å². The Morgan fingerprint density at radius 2 is 2.32 bits per heavy atom. The van der Waals surface area contributed by atoms with Gasteiger partial charge in [-0.05, 0) is 37.9 Å². The monoisotopic (exact) mass is 282 g/mol. The third kappa shape index (κ3) is 3.09. The molecule has 1 aliphatic rings. The third-order valence-electron chi connectivity index (χ3n) is 3.59. The molecule has 0 aliphatic heterocycles. The van der Waals surface area contributed by atoms with Crippen LogP contribution in [0.2, 0.25) is 0 Å². The van der Waals surface area contributed by atoms with Crippen molar-refractivity contribution in [3.05, 3.63) is 30.1 Å². The van der Waals surface area contributed by atoms with Gasteiger partial charge in [-0.1, -0.05) is 19.1 Å². The van der Waals surface area contributed by atoms with E-state index in [9.17, 15) is 9.18 Å². The van der Waals surface area contributed by atoms with Crippen LogP contribution in [-0.4, -0.2) is 23.2 Å². The van der Waals surface area contributed by atoms with Crippen LogP contribution in [0.5, 0.6) is 0 Å². The van der Waals surface area contributed by atoms with E-state index in [1.54, 1.807) is 12.1 Å². The zero-order chi connectivity index (χ0) is 13.9. The highest BCUT2D eigenvalue weighted by molar-refractivity contribution is 8.00. The van der Waals surface area contributed by atoms with E-state index in [0.29, 0.717) is 17.9 Å². The van der Waals surface area contributed by atoms with E-state index < -0.39 is 5.54 Å². The second-order valence-corrected chi connectivity index (χ2v) is 6.23. The number of thioether (sulfide) groups is 1. The minimum Gasteiger partial charge on any atom is -0.368 e. The lowest BCUT2D eigenvalue weighted by atomic mass is 9.97. The Morgan fingerprint density at radius 1 is 1.58 bits per heavy atom. The normalized spacial score (nSPS) is 26.5. The van der Waals surface area contributed by atoms with Crippen molar-refractivity contribution < 1.29 is 9.18 Å². The smallest absolute Gasteiger partial charge is 0.237 e. The van der Waals surface area contributed by atoms with Crippen LogP contribution in [0.15, 0.2) is 29.2 Å². The summed E-state index contributed by atoms with van der Waals surface area (Å²) in [7, 11) is 0. The van der Waals surface area contributed by atoms with E-state index in [1.165, 1.54) is 17.8 Å². The van der Waals surface area contributed by atoms with E-state index >= 15 is 0 Å². The summed E-state index contributed by atoms with van der Waals surface area (Å²) in [6.07, 6.45) is 2.26. The van der Waals surface area contributed by atoms with E-state index in [2.05, 4.69) is 5.32 Å². The first kappa shape index (κ1) is 14.3. The lowest BCUT2D eigenvalue weighted by Crippen LogP contribution is -2.53. The first-order chi connectivity index (χ1) is 9.07. The van der Waals surface area contributed by atoms with Crippen LogP contribution < -0.4 is 11.1 Å². The number of likely N-dealkylation sites (N-methyl/N-ethyl adjacent to an activating group) is 1. The van der Waals surface area contributed by atoms with Crippen molar-refractivity contribution >= 4 is 17.7 Å². The van der Waals surface area contributed by atoms with Gasteiger partial charge in [0.2, 0.25) is 5.91 Å². The predicted octanol–water partition coefficient (Wildman–Crippen LogP) is 2.30. The highest BCUT2D eigenvalue weighted by Gasteiger charge is 2.43. The maximum atomic E-state index is 13.6. The fourth-order valence-corrected chi connectivity index (χ4v) is 3.93. The average Bonchev–Trinajstić information content (AvgIpc) is 2.77. The summed E-state index contributed by atoms with van der Waals surface area (Å²) in [4.78, 5) is 12.3. The van der Waals surface area contributed by atoms with Gasteiger partial charge in [-0.2, -0.15) is 0 Å². The highest BCUT2D eigenvalue weighted by atomic mass is 32.2. The molecule has 104 valence electrons. The number of hydrogen-bond acceptors (Lipinski definition) is 3. The minimum absolute atomic E-state index is 0.201. The average molecular weight is 282 g/mol. The molecule has 1 fully saturated rings. The summed E-state index contributed by atoms with van der Waals surface area (Å²) >= 11 is 1.50. The lowest BCUT2D eigenvalue weighted by molar-refractivity contribution is -0.124. The van der Waals surface area contributed by atoms with Gasteiger partial charge in [-0.15, -0.1) is 11.8 Å². The molecule has 0 heterocycles. The summed E-state index contributed by atoms with van der Waals surface area (Å²) in [5.74, 6) is -0.501. The highest BCUT2D eigenvalue weighted by Crippen LogP contribution is 2.40. The molecule has 0 radical (unpaired) electrons. The van der Waals surface area contributed by atoms with Crippen LogP contribution in [0.25, 0.3) is 0 Å². The van der Waals surface area contributed by atoms with Gasteiger partial charge in [0.1, 0.15) is 5.82 Å². The molecule has 1 amide bonds. The third-order valence-corrected chi connectivity index (χ3v) is 4.91. The Labute approximate surface area is 117 Å². The van der Waals surface area contributed by atoms with E-state index in [-0.39, 0.29) is 17.0 Å². The quantitative estimate of drug-likeness (QED) is 0.871. The van der Waals surface area contributed by atoms with Crippen molar-refractivity contribution in [3.63, 3.8) is 0 Å². The molecule has 1 saturated carbocycles. The van der Waals surface area contributed by atoms with Gasteiger partial charge in [0, 0.05) is 10.1 Å². The maximum absolute atomic E-state index is 13.6. The molecule has 0 spiro atoms. The van der Waals surface area contributed by atoms with Crippen LogP contribution >= 0.6 is 11.8 Å². The SMILES string of the molecule is CCNC1(C(N)=O)CCC(Sc2ccccc2F)C1. The number of nitrogens with one attached hydrogen (secondary N) is 1. The largest absolute Gasteiger partial charge is 0.368 e. The van der Waals surface area contributed by atoms with Crippen molar-refractivity contribution in [2.24, 2.45) is 5.73 Å². The minimum atomic E-state index is -0.613. The summed E-state index contributed by atoms with van der Waals surface area (Å²) in [6.45, 7) is 2.67. The van der Waals surface area contributed by atoms with E-state index in [1.807, 2.05) is 13.0 Å². The van der Waals surface area contributed by atoms with Crippen molar-refractivity contribution in [3.8, 4) is 0 Å². The van der Waals surface area contributed by atoms with Gasteiger partial charge in [0.05, 0.1) is 5.54 Å². The summed E-state index contributed by atoms with van der Waals surface area (Å²) < 4.78 is 13.6. The molecule has 2 unspecified atom stereocenters. The predicted molar refractivity (Wildman–Crippen MR) is 75.5 cm³/mol. The van der Waals surface area contributed by atoms with Crippen molar-refractivity contribution in [1.29, 1.82) is 0 Å². The molecule has 0 saturated heterocycles. The summed E-state index contributed by atoms with van der Waals surface area (Å²) in [5, 5.41) is 3.43. The van der Waals surface area contributed by atoms with Crippen molar-refractivity contribution in [2.45, 2.75) is 41.9 Å². The molecule has 2 atom stereocenters. The second-order valence-electron chi connectivity index (χ2n) is 4.89. The molecular formula is C14H19FN2OS. The molecule has 5 heteroatoms. The molecule has 3 nitrogen and oxygen atoms in total. The molecule has 1 aromatic rings. The molecule has 0 aromatic heterocycles. The molecule has 1 aliphatic carbocycles. The Bertz CT molecular complexity index is 469. The van der Waals surface area contributed by atoms with Gasteiger partial charge in [-0.3, -0.25) is 4.79 Å². The number of hydrogen-bond donors (Lipinski definition) is 2. The fourth-order valence-electron chi connectivity index (χ4n) is 2.63. The van der Waals surface area contributed by atoms with Crippen molar-refractivity contribution in [1.82, 2.24) is 5.32 Å². The zero-order valence-electron chi connectivity index (χ0n) is 11.0. The summed E-state index contributed by atoms with van der Waals surface area (Å²) in [5.41, 5.74) is 4.91.